The van der Waals surface area contributed by atoms with Gasteiger partial charge in [0, 0.05) is 0 Å². The average molecular weight is 243 g/mol. The molecule has 0 heterocycles. The number of nitrogens with zero attached hydrogens (tertiary/aromatic N) is 1. The summed E-state index contributed by atoms with van der Waals surface area (Å²) in [5, 5.41) is 36.2. The molecule has 1 unspecified atom stereocenters. The normalized spacial score (nSPS) is 19.0. The first kappa shape index (κ1) is 14.5. The maximum absolute atomic E-state index is 10.3. The van der Waals surface area contributed by atoms with Crippen molar-refractivity contribution in [3.63, 3.8) is 0 Å². The predicted molar refractivity (Wildman–Crippen MR) is 48.7 cm³/mol. The number of carbonyl (C=O) groups excluding carboxylic acids is 1. The van der Waals surface area contributed by atoms with Crippen molar-refractivity contribution in [2.24, 2.45) is 0 Å². The zero-order chi connectivity index (χ0) is 12.0. The molecule has 0 aliphatic carbocycles. The molecule has 0 saturated heterocycles. The summed E-state index contributed by atoms with van der Waals surface area (Å²) in [5.74, 6) is 0. The molecule has 0 aliphatic rings. The third kappa shape index (κ3) is 5.83. The Kier molecular flexibility index (Phi) is 6.66. The first-order chi connectivity index (χ1) is 6.88. The molecule has 4 atom stereocenters. The summed E-state index contributed by atoms with van der Waals surface area (Å²) in [5.41, 5.74) is 0. The molecular weight excluding hydrogens is 229 g/mol. The number of aliphatic hydroxyl groups is 3. The molecule has 0 aromatic carbocycles. The van der Waals surface area contributed by atoms with Gasteiger partial charge in [-0.05, 0) is 0 Å². The van der Waals surface area contributed by atoms with Crippen molar-refractivity contribution < 1.29 is 34.8 Å². The van der Waals surface area contributed by atoms with Gasteiger partial charge < -0.3 is 20.2 Å². The Hall–Kier alpha value is -0.500. The number of hydrogen-bond acceptors (Lipinski definition) is 6. The van der Waals surface area contributed by atoms with E-state index < -0.39 is 39.0 Å². The van der Waals surface area contributed by atoms with Crippen LogP contribution in [0.5, 0.6) is 0 Å². The highest BCUT2D eigenvalue weighted by Crippen LogP contribution is 2.17. The number of carbonyl (C=O) groups is 1. The summed E-state index contributed by atoms with van der Waals surface area (Å²) in [6.07, 6.45) is -5.44. The highest BCUT2D eigenvalue weighted by molar-refractivity contribution is 7.38. The lowest BCUT2D eigenvalue weighted by Gasteiger charge is -2.23. The summed E-state index contributed by atoms with van der Waals surface area (Å²) in [6, 6.07) is 0. The number of rotatable bonds is 7. The van der Waals surface area contributed by atoms with E-state index in [4.69, 9.17) is 20.3 Å². The fraction of sp³-hybridized carbons (Fsp3) is 0.833. The Balaban J connectivity index is 4.11. The first-order valence-electron chi connectivity index (χ1n) is 4.05. The Morgan fingerprint density at radius 1 is 1.27 bits per heavy atom. The van der Waals surface area contributed by atoms with Crippen LogP contribution in [0, 0.1) is 0 Å². The van der Waals surface area contributed by atoms with Gasteiger partial charge in [-0.25, -0.2) is 5.06 Å². The van der Waals surface area contributed by atoms with Gasteiger partial charge in [0.05, 0.1) is 18.8 Å². The largest absolute Gasteiger partial charge is 0.390 e. The van der Waals surface area contributed by atoms with Crippen LogP contribution >= 0.6 is 8.03 Å². The molecule has 1 amide bonds. The summed E-state index contributed by atoms with van der Waals surface area (Å²) < 4.78 is 10.3. The summed E-state index contributed by atoms with van der Waals surface area (Å²) in [7, 11) is -2.96. The zero-order valence-electron chi connectivity index (χ0n) is 7.72. The van der Waals surface area contributed by atoms with E-state index in [1.54, 1.807) is 0 Å². The van der Waals surface area contributed by atoms with Gasteiger partial charge in [0.15, 0.2) is 8.03 Å². The van der Waals surface area contributed by atoms with E-state index in [0.29, 0.717) is 0 Å². The number of aliphatic hydroxyl groups excluding tert-OH is 3. The third-order valence-electron chi connectivity index (χ3n) is 1.67. The molecule has 8 nitrogen and oxygen atoms in total. The van der Waals surface area contributed by atoms with E-state index in [9.17, 15) is 14.5 Å². The van der Waals surface area contributed by atoms with E-state index in [0.717, 1.165) is 0 Å². The van der Waals surface area contributed by atoms with Crippen LogP contribution < -0.4 is 0 Å². The molecule has 15 heavy (non-hydrogen) atoms. The van der Waals surface area contributed by atoms with Crippen molar-refractivity contribution >= 4 is 14.4 Å². The van der Waals surface area contributed by atoms with Crippen molar-refractivity contribution in [2.45, 2.75) is 18.3 Å². The van der Waals surface area contributed by atoms with Gasteiger partial charge in [-0.15, -0.1) is 0 Å². The van der Waals surface area contributed by atoms with Gasteiger partial charge in [-0.2, -0.15) is 0 Å². The Morgan fingerprint density at radius 2 is 1.80 bits per heavy atom. The van der Waals surface area contributed by atoms with Crippen LogP contribution in [0.25, 0.3) is 0 Å². The maximum atomic E-state index is 10.3. The van der Waals surface area contributed by atoms with E-state index in [2.05, 4.69) is 0 Å². The van der Waals surface area contributed by atoms with Crippen molar-refractivity contribution in [3.8, 4) is 0 Å². The van der Waals surface area contributed by atoms with Crippen LogP contribution in [0.4, 0.5) is 0 Å². The SMILES string of the molecule is O=CN(O)C[C@H](O)[C@H](O)[C@H](O)C[PH](=O)O. The molecule has 0 fully saturated rings. The summed E-state index contributed by atoms with van der Waals surface area (Å²) in [4.78, 5) is 18.4. The van der Waals surface area contributed by atoms with Crippen LogP contribution in [-0.2, 0) is 9.36 Å². The lowest BCUT2D eigenvalue weighted by atomic mass is 10.1. The van der Waals surface area contributed by atoms with E-state index in [-0.39, 0.29) is 11.5 Å². The molecule has 0 aliphatic heterocycles. The van der Waals surface area contributed by atoms with Crippen LogP contribution in [-0.4, -0.2) is 67.9 Å². The van der Waals surface area contributed by atoms with Gasteiger partial charge in [-0.3, -0.25) is 14.6 Å². The Morgan fingerprint density at radius 3 is 2.20 bits per heavy atom. The first-order valence-corrected chi connectivity index (χ1v) is 5.61. The van der Waals surface area contributed by atoms with Crippen molar-refractivity contribution in [2.75, 3.05) is 12.7 Å². The van der Waals surface area contributed by atoms with Crippen LogP contribution in [0.3, 0.4) is 0 Å². The van der Waals surface area contributed by atoms with Gasteiger partial charge >= 0.3 is 0 Å². The monoisotopic (exact) mass is 243 g/mol. The quantitative estimate of drug-likeness (QED) is 0.143. The fourth-order valence-corrected chi connectivity index (χ4v) is 1.50. The summed E-state index contributed by atoms with van der Waals surface area (Å²) in [6.45, 7) is -0.603. The number of amides is 1. The van der Waals surface area contributed by atoms with Gasteiger partial charge in [-0.1, -0.05) is 0 Å². The van der Waals surface area contributed by atoms with Gasteiger partial charge in [0.2, 0.25) is 6.41 Å². The maximum Gasteiger partial charge on any atom is 0.233 e. The molecule has 0 radical (unpaired) electrons. The molecular formula is C6H14NO7P. The molecule has 0 rings (SSSR count). The van der Waals surface area contributed by atoms with Crippen molar-refractivity contribution in [1.82, 2.24) is 5.06 Å². The van der Waals surface area contributed by atoms with E-state index in [1.165, 1.54) is 0 Å². The predicted octanol–water partition coefficient (Wildman–Crippen LogP) is -2.62. The second kappa shape index (κ2) is 6.89. The Bertz CT molecular complexity index is 226. The molecule has 0 spiro atoms. The van der Waals surface area contributed by atoms with E-state index in [1.807, 2.05) is 0 Å². The molecule has 5 N–H and O–H groups in total. The molecule has 0 aromatic heterocycles. The molecule has 0 saturated carbocycles. The standard InChI is InChI=1S/C6H14NO7P/c8-3-7(12)1-4(9)6(11)5(10)2-15(13)14/h3-6,9-12,15H,1-2H2,(H,13,14)/t4-,5+,6-/m0/s1. The zero-order valence-corrected chi connectivity index (χ0v) is 8.72. The van der Waals surface area contributed by atoms with Crippen LogP contribution in [0.15, 0.2) is 0 Å². The third-order valence-corrected chi connectivity index (χ3v) is 2.44. The minimum atomic E-state index is -2.96. The minimum absolute atomic E-state index is 0.0111. The van der Waals surface area contributed by atoms with Gasteiger partial charge in [0.25, 0.3) is 0 Å². The highest BCUT2D eigenvalue weighted by atomic mass is 31.1. The molecule has 90 valence electrons. The second-order valence-electron chi connectivity index (χ2n) is 2.95. The Labute approximate surface area is 86.2 Å². The summed E-state index contributed by atoms with van der Waals surface area (Å²) >= 11 is 0. The van der Waals surface area contributed by atoms with Crippen LogP contribution in [0.1, 0.15) is 0 Å². The highest BCUT2D eigenvalue weighted by Gasteiger charge is 2.26. The lowest BCUT2D eigenvalue weighted by molar-refractivity contribution is -0.162. The fourth-order valence-electron chi connectivity index (χ4n) is 0.899. The van der Waals surface area contributed by atoms with Crippen molar-refractivity contribution in [3.05, 3.63) is 0 Å². The molecule has 0 bridgehead atoms. The lowest BCUT2D eigenvalue weighted by Crippen LogP contribution is -2.44. The minimum Gasteiger partial charge on any atom is -0.390 e. The average Bonchev–Trinajstić information content (AvgIpc) is 2.15. The molecule has 9 heteroatoms. The van der Waals surface area contributed by atoms with Gasteiger partial charge in [0.1, 0.15) is 12.2 Å². The van der Waals surface area contributed by atoms with Crippen LogP contribution in [0.2, 0.25) is 0 Å². The van der Waals surface area contributed by atoms with E-state index >= 15 is 0 Å². The molecule has 0 aromatic rings. The topological polar surface area (TPSA) is 139 Å². The number of hydroxylamine groups is 2. The smallest absolute Gasteiger partial charge is 0.233 e. The van der Waals surface area contributed by atoms with Crippen molar-refractivity contribution in [1.29, 1.82) is 0 Å². The number of hydrogen-bond donors (Lipinski definition) is 5. The second-order valence-corrected chi connectivity index (χ2v) is 4.15.